The largest absolute Gasteiger partial charge is 0.522 e. The fourth-order valence-corrected chi connectivity index (χ4v) is 5.42. The lowest BCUT2D eigenvalue weighted by atomic mass is 10.0. The third-order valence-corrected chi connectivity index (χ3v) is 8.56. The van der Waals surface area contributed by atoms with Gasteiger partial charge in [-0.25, -0.2) is 0 Å². The molecule has 0 aromatic carbocycles. The van der Waals surface area contributed by atoms with E-state index >= 15 is 0 Å². The third-order valence-electron chi connectivity index (χ3n) is 5.73. The van der Waals surface area contributed by atoms with E-state index in [2.05, 4.69) is 10.1 Å². The van der Waals surface area contributed by atoms with Crippen molar-refractivity contribution < 1.29 is 36.0 Å². The van der Waals surface area contributed by atoms with Gasteiger partial charge in [0.1, 0.15) is 0 Å². The van der Waals surface area contributed by atoms with Gasteiger partial charge in [0.25, 0.3) is 0 Å². The van der Waals surface area contributed by atoms with Crippen molar-refractivity contribution in [1.29, 1.82) is 0 Å². The first-order valence-corrected chi connectivity index (χ1v) is 14.3. The smallest absolute Gasteiger partial charge is 0.377 e. The predicted molar refractivity (Wildman–Crippen MR) is 126 cm³/mol. The number of amides is 1. The highest BCUT2D eigenvalue weighted by Gasteiger charge is 2.36. The first kappa shape index (κ1) is 32.3. The normalized spacial score (nSPS) is 12.3. The van der Waals surface area contributed by atoms with E-state index in [1.807, 2.05) is 0 Å². The molecule has 0 aromatic heterocycles. The van der Waals surface area contributed by atoms with E-state index in [-0.39, 0.29) is 12.5 Å². The molecule has 0 unspecified atom stereocenters. The van der Waals surface area contributed by atoms with Gasteiger partial charge >= 0.3 is 15.2 Å². The predicted octanol–water partition coefficient (Wildman–Crippen LogP) is 6.37. The van der Waals surface area contributed by atoms with Crippen LogP contribution < -0.4 is 5.32 Å². The van der Waals surface area contributed by atoms with Crippen molar-refractivity contribution in [3.63, 3.8) is 0 Å². The summed E-state index contributed by atoms with van der Waals surface area (Å²) in [5.74, 6) is 0.0994. The molecular formula is C23H46F3NO5Si. The second-order valence-electron chi connectivity index (χ2n) is 8.39. The number of carbonyl (C=O) groups is 1. The maximum absolute atomic E-state index is 11.9. The molecule has 0 heterocycles. The Bertz CT molecular complexity index is 458. The van der Waals surface area contributed by atoms with Crippen molar-refractivity contribution in [3.05, 3.63) is 0 Å². The molecule has 0 radical (unpaired) electrons. The number of carbonyl (C=O) groups excluding carboxylic acids is 1. The number of hydrogen-bond donors (Lipinski definition) is 1. The lowest BCUT2D eigenvalue weighted by Crippen LogP contribution is -2.43. The molecule has 0 atom stereocenters. The molecule has 10 heteroatoms. The van der Waals surface area contributed by atoms with Gasteiger partial charge in [0.05, 0.1) is 6.61 Å². The van der Waals surface area contributed by atoms with Crippen LogP contribution in [0.4, 0.5) is 13.2 Å². The summed E-state index contributed by atoms with van der Waals surface area (Å²) in [5, 5.41) is 2.95. The highest BCUT2D eigenvalue weighted by molar-refractivity contribution is 6.60. The number of unbranched alkanes of at least 4 members (excludes halogenated alkanes) is 12. The summed E-state index contributed by atoms with van der Waals surface area (Å²) in [6.07, 6.45) is 10.6. The summed E-state index contributed by atoms with van der Waals surface area (Å²) in [4.78, 5) is 11.9. The maximum atomic E-state index is 11.9. The van der Waals surface area contributed by atoms with Crippen molar-refractivity contribution in [3.8, 4) is 0 Å². The molecule has 0 bridgehead atoms. The van der Waals surface area contributed by atoms with Crippen LogP contribution in [0.1, 0.15) is 96.3 Å². The van der Waals surface area contributed by atoms with Crippen molar-refractivity contribution in [1.82, 2.24) is 5.32 Å². The van der Waals surface area contributed by atoms with Gasteiger partial charge in [0.2, 0.25) is 5.91 Å². The van der Waals surface area contributed by atoms with Gasteiger partial charge in [0, 0.05) is 40.3 Å². The number of rotatable bonds is 23. The molecule has 0 saturated carbocycles. The first-order valence-electron chi connectivity index (χ1n) is 12.4. The van der Waals surface area contributed by atoms with Gasteiger partial charge in [-0.1, -0.05) is 70.6 Å². The molecule has 1 N–H and O–H groups in total. The van der Waals surface area contributed by atoms with Crippen molar-refractivity contribution >= 4 is 14.7 Å². The van der Waals surface area contributed by atoms with E-state index in [9.17, 15) is 18.0 Å². The standard InChI is InChI=1S/C23H46F3NO5Si/c1-29-33(30-2,31-3)21-17-19-27-22(28)18-15-13-11-9-7-5-4-6-8-10-12-14-16-20-32-23(24,25)26/h4-21H2,1-3H3,(H,27,28). The van der Waals surface area contributed by atoms with Gasteiger partial charge < -0.3 is 18.6 Å². The zero-order valence-electron chi connectivity index (χ0n) is 20.9. The minimum Gasteiger partial charge on any atom is -0.377 e. The maximum Gasteiger partial charge on any atom is 0.522 e. The second kappa shape index (κ2) is 20.7. The minimum atomic E-state index is -4.50. The molecule has 0 spiro atoms. The number of nitrogens with one attached hydrogen (secondary N) is 1. The van der Waals surface area contributed by atoms with Crippen molar-refractivity contribution in [2.24, 2.45) is 0 Å². The monoisotopic (exact) mass is 501 g/mol. The number of ether oxygens (including phenoxy) is 1. The third kappa shape index (κ3) is 20.4. The minimum absolute atomic E-state index is 0.0994. The van der Waals surface area contributed by atoms with Gasteiger partial charge in [-0.05, 0) is 19.3 Å². The Morgan fingerprint density at radius 3 is 1.55 bits per heavy atom. The Morgan fingerprint density at radius 1 is 0.697 bits per heavy atom. The van der Waals surface area contributed by atoms with Crippen LogP contribution in [0.2, 0.25) is 6.04 Å². The highest BCUT2D eigenvalue weighted by Crippen LogP contribution is 2.18. The van der Waals surface area contributed by atoms with Crippen LogP contribution >= 0.6 is 0 Å². The molecule has 0 aliphatic heterocycles. The summed E-state index contributed by atoms with van der Waals surface area (Å²) in [6.45, 7) is 0.380. The molecule has 0 rings (SSSR count). The molecule has 0 aliphatic carbocycles. The van der Waals surface area contributed by atoms with E-state index in [4.69, 9.17) is 13.3 Å². The van der Waals surface area contributed by atoms with E-state index in [1.54, 1.807) is 21.3 Å². The lowest BCUT2D eigenvalue weighted by molar-refractivity contribution is -0.324. The summed E-state index contributed by atoms with van der Waals surface area (Å²) in [7, 11) is 2.23. The zero-order chi connectivity index (χ0) is 24.8. The first-order chi connectivity index (χ1) is 15.8. The Labute approximate surface area is 199 Å². The van der Waals surface area contributed by atoms with Crippen LogP contribution in [0.5, 0.6) is 0 Å². The Morgan fingerprint density at radius 2 is 1.12 bits per heavy atom. The van der Waals surface area contributed by atoms with E-state index < -0.39 is 15.2 Å². The fraction of sp³-hybridized carbons (Fsp3) is 0.957. The number of halogens is 3. The fourth-order valence-electron chi connectivity index (χ4n) is 3.70. The molecule has 0 saturated heterocycles. The zero-order valence-corrected chi connectivity index (χ0v) is 21.9. The molecule has 1 amide bonds. The van der Waals surface area contributed by atoms with E-state index in [1.165, 1.54) is 32.1 Å². The Balaban J connectivity index is 3.34. The summed E-state index contributed by atoms with van der Waals surface area (Å²) in [6, 6.07) is 0.678. The van der Waals surface area contributed by atoms with Crippen molar-refractivity contribution in [2.75, 3.05) is 34.5 Å². The SMILES string of the molecule is CO[Si](CCCNC(=O)CCCCCCCCCCCCCCCOC(F)(F)F)(OC)OC. The van der Waals surface area contributed by atoms with E-state index in [0.29, 0.717) is 25.4 Å². The molecule has 0 fully saturated rings. The van der Waals surface area contributed by atoms with Crippen LogP contribution in [0.25, 0.3) is 0 Å². The average molecular weight is 502 g/mol. The molecule has 6 nitrogen and oxygen atoms in total. The van der Waals surface area contributed by atoms with Crippen LogP contribution in [0.3, 0.4) is 0 Å². The average Bonchev–Trinajstić information content (AvgIpc) is 2.78. The quantitative estimate of drug-likeness (QED) is 0.130. The van der Waals surface area contributed by atoms with Gasteiger partial charge in [0.15, 0.2) is 0 Å². The summed E-state index contributed by atoms with van der Waals surface area (Å²) < 4.78 is 55.3. The lowest BCUT2D eigenvalue weighted by Gasteiger charge is -2.24. The van der Waals surface area contributed by atoms with E-state index in [0.717, 1.165) is 51.4 Å². The Hall–Kier alpha value is -0.683. The van der Waals surface area contributed by atoms with Crippen molar-refractivity contribution in [2.45, 2.75) is 109 Å². The number of hydrogen-bond acceptors (Lipinski definition) is 5. The second-order valence-corrected chi connectivity index (χ2v) is 11.5. The van der Waals surface area contributed by atoms with Gasteiger partial charge in [-0.2, -0.15) is 0 Å². The Kier molecular flexibility index (Phi) is 20.2. The van der Waals surface area contributed by atoms with Gasteiger partial charge in [-0.15, -0.1) is 13.2 Å². The summed E-state index contributed by atoms with van der Waals surface area (Å²) >= 11 is 0. The molecule has 0 aromatic rings. The molecule has 0 aliphatic rings. The van der Waals surface area contributed by atoms with Crippen LogP contribution in [0.15, 0.2) is 0 Å². The van der Waals surface area contributed by atoms with Gasteiger partial charge in [-0.3, -0.25) is 9.53 Å². The highest BCUT2D eigenvalue weighted by atomic mass is 28.4. The van der Waals surface area contributed by atoms with Crippen LogP contribution in [-0.2, 0) is 22.8 Å². The van der Waals surface area contributed by atoms with Crippen LogP contribution in [-0.4, -0.2) is 55.6 Å². The molecular weight excluding hydrogens is 455 g/mol. The molecule has 33 heavy (non-hydrogen) atoms. The molecule has 198 valence electrons. The van der Waals surface area contributed by atoms with Crippen LogP contribution in [0, 0.1) is 0 Å². The summed E-state index contributed by atoms with van der Waals surface area (Å²) in [5.41, 5.74) is 0. The number of alkyl halides is 3. The topological polar surface area (TPSA) is 66.0 Å².